The molecule has 1 aromatic carbocycles. The maximum atomic E-state index is 12.3. The second kappa shape index (κ2) is 6.02. The number of amides is 1. The number of carbonyl (C=O) groups is 1. The number of hydrogen-bond donors (Lipinski definition) is 1. The number of benzene rings is 1. The summed E-state index contributed by atoms with van der Waals surface area (Å²) in [5.74, 6) is 0.241. The van der Waals surface area contributed by atoms with Crippen molar-refractivity contribution < 1.29 is 9.53 Å². The summed E-state index contributed by atoms with van der Waals surface area (Å²) >= 11 is 5.12. The molecule has 0 spiro atoms. The fraction of sp³-hybridized carbons (Fsp3) is 0.500. The topological polar surface area (TPSA) is 55.6 Å². The van der Waals surface area contributed by atoms with Gasteiger partial charge in [-0.25, -0.2) is 4.79 Å². The molecule has 114 valence electrons. The molecule has 5 heteroatoms. The molecule has 0 radical (unpaired) electrons. The smallest absolute Gasteiger partial charge is 0.410 e. The van der Waals surface area contributed by atoms with Crippen molar-refractivity contribution in [1.29, 1.82) is 0 Å². The highest BCUT2D eigenvalue weighted by atomic mass is 32.1. The number of likely N-dealkylation sites (tertiary alicyclic amines) is 1. The first-order chi connectivity index (χ1) is 9.78. The van der Waals surface area contributed by atoms with Crippen LogP contribution in [-0.2, 0) is 4.74 Å². The van der Waals surface area contributed by atoms with Crippen molar-refractivity contribution >= 4 is 23.3 Å². The van der Waals surface area contributed by atoms with Crippen LogP contribution in [0.2, 0.25) is 0 Å². The number of nitrogens with two attached hydrogens (primary N) is 1. The van der Waals surface area contributed by atoms with Gasteiger partial charge < -0.3 is 10.5 Å². The van der Waals surface area contributed by atoms with E-state index >= 15 is 0 Å². The second-order valence-corrected chi connectivity index (χ2v) is 6.87. The molecule has 1 heterocycles. The average Bonchev–Trinajstić information content (AvgIpc) is 2.83. The maximum absolute atomic E-state index is 12.3. The van der Waals surface area contributed by atoms with Crippen molar-refractivity contribution in [3.8, 4) is 0 Å². The van der Waals surface area contributed by atoms with E-state index in [-0.39, 0.29) is 18.1 Å². The highest BCUT2D eigenvalue weighted by Crippen LogP contribution is 2.32. The van der Waals surface area contributed by atoms with E-state index in [9.17, 15) is 4.79 Å². The number of rotatable bonds is 2. The van der Waals surface area contributed by atoms with Crippen LogP contribution in [0.5, 0.6) is 0 Å². The maximum Gasteiger partial charge on any atom is 0.410 e. The van der Waals surface area contributed by atoms with Crippen molar-refractivity contribution in [1.82, 2.24) is 4.90 Å². The summed E-state index contributed by atoms with van der Waals surface area (Å²) < 4.78 is 5.46. The second-order valence-electron chi connectivity index (χ2n) is 6.39. The molecule has 1 amide bonds. The van der Waals surface area contributed by atoms with Crippen LogP contribution in [-0.4, -0.2) is 34.2 Å². The van der Waals surface area contributed by atoms with Crippen LogP contribution in [0.25, 0.3) is 0 Å². The van der Waals surface area contributed by atoms with Gasteiger partial charge in [0.15, 0.2) is 0 Å². The first kappa shape index (κ1) is 15.8. The van der Waals surface area contributed by atoms with Gasteiger partial charge in [-0.2, -0.15) is 0 Å². The highest BCUT2D eigenvalue weighted by molar-refractivity contribution is 7.80. The minimum Gasteiger partial charge on any atom is -0.444 e. The molecule has 1 fully saturated rings. The van der Waals surface area contributed by atoms with Crippen molar-refractivity contribution in [3.05, 3.63) is 35.9 Å². The standard InChI is InChI=1S/C16H22N2O2S/c1-16(2,3)20-15(19)18-10-12(9-13(18)14(17)21)11-7-5-4-6-8-11/h4-8,12-13H,9-10H2,1-3H3,(H2,17,21)/t12-,13+/m0/s1. The van der Waals surface area contributed by atoms with Gasteiger partial charge >= 0.3 is 6.09 Å². The fourth-order valence-electron chi connectivity index (χ4n) is 2.59. The molecule has 0 saturated carbocycles. The third-order valence-corrected chi connectivity index (χ3v) is 3.80. The molecule has 1 aromatic rings. The van der Waals surface area contributed by atoms with Gasteiger partial charge in [0.2, 0.25) is 0 Å². The Labute approximate surface area is 131 Å². The molecule has 0 aromatic heterocycles. The van der Waals surface area contributed by atoms with E-state index in [1.54, 1.807) is 4.90 Å². The van der Waals surface area contributed by atoms with E-state index < -0.39 is 5.60 Å². The monoisotopic (exact) mass is 306 g/mol. The lowest BCUT2D eigenvalue weighted by Crippen LogP contribution is -2.45. The zero-order valence-electron chi connectivity index (χ0n) is 12.7. The number of ether oxygens (including phenoxy) is 1. The predicted molar refractivity (Wildman–Crippen MR) is 87.3 cm³/mol. The summed E-state index contributed by atoms with van der Waals surface area (Å²) in [6.07, 6.45) is 0.400. The fourth-order valence-corrected chi connectivity index (χ4v) is 2.82. The molecule has 2 rings (SSSR count). The summed E-state index contributed by atoms with van der Waals surface area (Å²) in [6, 6.07) is 9.89. The summed E-state index contributed by atoms with van der Waals surface area (Å²) in [6.45, 7) is 6.14. The molecule has 0 bridgehead atoms. The summed E-state index contributed by atoms with van der Waals surface area (Å²) in [5, 5.41) is 0. The van der Waals surface area contributed by atoms with E-state index in [1.807, 2.05) is 39.0 Å². The lowest BCUT2D eigenvalue weighted by molar-refractivity contribution is 0.0264. The van der Waals surface area contributed by atoms with E-state index in [0.717, 1.165) is 6.42 Å². The van der Waals surface area contributed by atoms with Crippen LogP contribution in [0.4, 0.5) is 4.79 Å². The Morgan fingerprint density at radius 2 is 1.95 bits per heavy atom. The Morgan fingerprint density at radius 1 is 1.33 bits per heavy atom. The minimum absolute atomic E-state index is 0.236. The van der Waals surface area contributed by atoms with Gasteiger partial charge in [0.25, 0.3) is 0 Å². The van der Waals surface area contributed by atoms with E-state index in [4.69, 9.17) is 22.7 Å². The highest BCUT2D eigenvalue weighted by Gasteiger charge is 2.39. The molecule has 1 saturated heterocycles. The third kappa shape index (κ3) is 3.94. The van der Waals surface area contributed by atoms with Crippen LogP contribution < -0.4 is 5.73 Å². The lowest BCUT2D eigenvalue weighted by atomic mass is 9.96. The number of thiocarbonyl (C=S) groups is 1. The average molecular weight is 306 g/mol. The first-order valence-corrected chi connectivity index (χ1v) is 7.52. The van der Waals surface area contributed by atoms with Crippen LogP contribution in [0, 0.1) is 0 Å². The normalized spacial score (nSPS) is 22.1. The minimum atomic E-state index is -0.525. The van der Waals surface area contributed by atoms with Gasteiger partial charge in [-0.3, -0.25) is 4.90 Å². The summed E-state index contributed by atoms with van der Waals surface area (Å²) in [4.78, 5) is 14.3. The molecule has 1 aliphatic heterocycles. The van der Waals surface area contributed by atoms with Gasteiger partial charge in [0.05, 0.1) is 11.0 Å². The van der Waals surface area contributed by atoms with Crippen molar-refractivity contribution in [2.75, 3.05) is 6.54 Å². The number of carbonyl (C=O) groups excluding carboxylic acids is 1. The zero-order chi connectivity index (χ0) is 15.6. The Kier molecular flexibility index (Phi) is 4.52. The largest absolute Gasteiger partial charge is 0.444 e. The van der Waals surface area contributed by atoms with Gasteiger partial charge in [-0.05, 0) is 32.8 Å². The lowest BCUT2D eigenvalue weighted by Gasteiger charge is -2.28. The molecule has 2 atom stereocenters. The van der Waals surface area contributed by atoms with Crippen molar-refractivity contribution in [3.63, 3.8) is 0 Å². The Balaban J connectivity index is 2.16. The van der Waals surface area contributed by atoms with Gasteiger partial charge in [0, 0.05) is 12.5 Å². The molecule has 0 aliphatic carbocycles. The van der Waals surface area contributed by atoms with Crippen LogP contribution in [0.15, 0.2) is 30.3 Å². The Hall–Kier alpha value is -1.62. The molecule has 1 aliphatic rings. The van der Waals surface area contributed by atoms with E-state index in [1.165, 1.54) is 5.56 Å². The third-order valence-electron chi connectivity index (χ3n) is 3.53. The van der Waals surface area contributed by atoms with Gasteiger partial charge in [-0.15, -0.1) is 0 Å². The van der Waals surface area contributed by atoms with Crippen LogP contribution in [0.1, 0.15) is 38.7 Å². The van der Waals surface area contributed by atoms with Gasteiger partial charge in [0.1, 0.15) is 5.60 Å². The predicted octanol–water partition coefficient (Wildman–Crippen LogP) is 3.07. The van der Waals surface area contributed by atoms with Crippen LogP contribution in [0.3, 0.4) is 0 Å². The molecular formula is C16H22N2O2S. The number of nitrogens with zero attached hydrogens (tertiary/aromatic N) is 1. The molecule has 4 nitrogen and oxygen atoms in total. The molecular weight excluding hydrogens is 284 g/mol. The number of hydrogen-bond acceptors (Lipinski definition) is 3. The molecule has 2 N–H and O–H groups in total. The quantitative estimate of drug-likeness (QED) is 0.853. The molecule has 21 heavy (non-hydrogen) atoms. The van der Waals surface area contributed by atoms with Crippen LogP contribution >= 0.6 is 12.2 Å². The Morgan fingerprint density at radius 3 is 2.48 bits per heavy atom. The molecule has 0 unspecified atom stereocenters. The van der Waals surface area contributed by atoms with Crippen molar-refractivity contribution in [2.45, 2.75) is 44.8 Å². The summed E-state index contributed by atoms with van der Waals surface area (Å²) in [7, 11) is 0. The first-order valence-electron chi connectivity index (χ1n) is 7.12. The van der Waals surface area contributed by atoms with E-state index in [0.29, 0.717) is 11.5 Å². The Bertz CT molecular complexity index is 525. The SMILES string of the molecule is CC(C)(C)OC(=O)N1C[C@@H](c2ccccc2)C[C@@H]1C(N)=S. The van der Waals surface area contributed by atoms with Gasteiger partial charge in [-0.1, -0.05) is 42.5 Å². The summed E-state index contributed by atoms with van der Waals surface area (Å²) in [5.41, 5.74) is 6.49. The zero-order valence-corrected chi connectivity index (χ0v) is 13.5. The van der Waals surface area contributed by atoms with E-state index in [2.05, 4.69) is 12.1 Å². The van der Waals surface area contributed by atoms with Crippen molar-refractivity contribution in [2.24, 2.45) is 5.73 Å².